The number of rotatable bonds is 3. The van der Waals surface area contributed by atoms with E-state index in [-0.39, 0.29) is 11.6 Å². The number of aryl methyl sites for hydroxylation is 1. The summed E-state index contributed by atoms with van der Waals surface area (Å²) in [6, 6.07) is 9.60. The molecule has 0 spiro atoms. The van der Waals surface area contributed by atoms with Crippen LogP contribution in [0.15, 0.2) is 36.4 Å². The monoisotopic (exact) mass is 258 g/mol. The summed E-state index contributed by atoms with van der Waals surface area (Å²) in [4.78, 5) is 11.4. The van der Waals surface area contributed by atoms with Crippen molar-refractivity contribution in [3.05, 3.63) is 53.3 Å². The summed E-state index contributed by atoms with van der Waals surface area (Å²) in [5.74, 6) is -0.410. The van der Waals surface area contributed by atoms with Gasteiger partial charge in [0.05, 0.1) is 0 Å². The average Bonchev–Trinajstić information content (AvgIpc) is 2.36. The summed E-state index contributed by atoms with van der Waals surface area (Å²) in [5, 5.41) is 3.09. The first kappa shape index (κ1) is 13.1. The van der Waals surface area contributed by atoms with Gasteiger partial charge in [-0.1, -0.05) is 6.07 Å². The highest BCUT2D eigenvalue weighted by molar-refractivity contribution is 6.00. The van der Waals surface area contributed by atoms with Crippen LogP contribution >= 0.6 is 0 Å². The lowest BCUT2D eigenvalue weighted by Crippen LogP contribution is -2.01. The van der Waals surface area contributed by atoms with Gasteiger partial charge in [0.2, 0.25) is 0 Å². The highest BCUT2D eigenvalue weighted by Gasteiger charge is 2.07. The predicted molar refractivity (Wildman–Crippen MR) is 75.3 cm³/mol. The van der Waals surface area contributed by atoms with E-state index in [4.69, 9.17) is 5.73 Å². The summed E-state index contributed by atoms with van der Waals surface area (Å²) in [6.45, 7) is 3.34. The van der Waals surface area contributed by atoms with E-state index in [1.807, 2.05) is 6.92 Å². The van der Waals surface area contributed by atoms with Gasteiger partial charge in [0.25, 0.3) is 0 Å². The van der Waals surface area contributed by atoms with E-state index in [1.54, 1.807) is 24.3 Å². The van der Waals surface area contributed by atoms with Crippen molar-refractivity contribution < 1.29 is 9.18 Å². The van der Waals surface area contributed by atoms with E-state index < -0.39 is 0 Å². The zero-order valence-electron chi connectivity index (χ0n) is 10.8. The van der Waals surface area contributed by atoms with Crippen LogP contribution in [0.25, 0.3) is 0 Å². The standard InChI is InChI=1S/C15H15FN2O/c1-9-3-4-11(16)7-15(9)18-12-5-6-14(17)13(8-12)10(2)19/h3-8,18H,17H2,1-2H3. The molecule has 2 aromatic rings. The molecule has 98 valence electrons. The van der Waals surface area contributed by atoms with Gasteiger partial charge in [0, 0.05) is 22.6 Å². The zero-order chi connectivity index (χ0) is 14.0. The highest BCUT2D eigenvalue weighted by atomic mass is 19.1. The first-order valence-electron chi connectivity index (χ1n) is 5.91. The lowest BCUT2D eigenvalue weighted by Gasteiger charge is -2.11. The van der Waals surface area contributed by atoms with Gasteiger partial charge in [-0.25, -0.2) is 4.39 Å². The van der Waals surface area contributed by atoms with Gasteiger partial charge < -0.3 is 11.1 Å². The molecule has 0 bridgehead atoms. The summed E-state index contributed by atoms with van der Waals surface area (Å²) < 4.78 is 13.2. The Bertz CT molecular complexity index is 638. The number of hydrogen-bond acceptors (Lipinski definition) is 3. The minimum absolute atomic E-state index is 0.0999. The molecular formula is C15H15FN2O. The van der Waals surface area contributed by atoms with E-state index in [0.29, 0.717) is 22.6 Å². The lowest BCUT2D eigenvalue weighted by atomic mass is 10.1. The van der Waals surface area contributed by atoms with Crippen LogP contribution in [0.3, 0.4) is 0 Å². The molecular weight excluding hydrogens is 243 g/mol. The number of carbonyl (C=O) groups is 1. The molecule has 3 N–H and O–H groups in total. The maximum Gasteiger partial charge on any atom is 0.161 e. The molecule has 0 amide bonds. The summed E-state index contributed by atoms with van der Waals surface area (Å²) >= 11 is 0. The Labute approximate surface area is 111 Å². The SMILES string of the molecule is CC(=O)c1cc(Nc2cc(F)ccc2C)ccc1N. The molecule has 3 nitrogen and oxygen atoms in total. The van der Waals surface area contributed by atoms with Gasteiger partial charge in [0.1, 0.15) is 5.82 Å². The van der Waals surface area contributed by atoms with E-state index in [2.05, 4.69) is 5.32 Å². The molecule has 0 aromatic heterocycles. The Hall–Kier alpha value is -2.36. The van der Waals surface area contributed by atoms with E-state index in [9.17, 15) is 9.18 Å². The van der Waals surface area contributed by atoms with Crippen molar-refractivity contribution in [2.45, 2.75) is 13.8 Å². The molecule has 0 heterocycles. The van der Waals surface area contributed by atoms with E-state index in [1.165, 1.54) is 19.1 Å². The quantitative estimate of drug-likeness (QED) is 0.652. The Balaban J connectivity index is 2.36. The molecule has 0 unspecified atom stereocenters. The van der Waals surface area contributed by atoms with Crippen molar-refractivity contribution in [3.8, 4) is 0 Å². The molecule has 0 aliphatic carbocycles. The number of benzene rings is 2. The topological polar surface area (TPSA) is 55.1 Å². The fourth-order valence-corrected chi connectivity index (χ4v) is 1.82. The number of carbonyl (C=O) groups excluding carboxylic acids is 1. The molecule has 0 aliphatic heterocycles. The number of anilines is 3. The Morgan fingerprint density at radius 3 is 2.63 bits per heavy atom. The molecule has 0 atom stereocenters. The molecule has 0 saturated heterocycles. The number of nitrogen functional groups attached to an aromatic ring is 1. The maximum atomic E-state index is 13.2. The predicted octanol–water partition coefficient (Wildman–Crippen LogP) is 3.66. The van der Waals surface area contributed by atoms with Gasteiger partial charge in [-0.05, 0) is 49.7 Å². The van der Waals surface area contributed by atoms with Crippen molar-refractivity contribution in [2.75, 3.05) is 11.1 Å². The summed E-state index contributed by atoms with van der Waals surface area (Å²) in [7, 11) is 0. The second-order valence-electron chi connectivity index (χ2n) is 4.44. The van der Waals surface area contributed by atoms with Crippen LogP contribution in [-0.4, -0.2) is 5.78 Å². The van der Waals surface area contributed by atoms with Crippen LogP contribution in [-0.2, 0) is 0 Å². The lowest BCUT2D eigenvalue weighted by molar-refractivity contribution is 0.101. The first-order valence-corrected chi connectivity index (χ1v) is 5.91. The molecule has 0 saturated carbocycles. The van der Waals surface area contributed by atoms with Gasteiger partial charge in [0.15, 0.2) is 5.78 Å². The van der Waals surface area contributed by atoms with Gasteiger partial charge in [-0.15, -0.1) is 0 Å². The second-order valence-corrected chi connectivity index (χ2v) is 4.44. The molecule has 4 heteroatoms. The maximum absolute atomic E-state index is 13.2. The third kappa shape index (κ3) is 2.91. The zero-order valence-corrected chi connectivity index (χ0v) is 10.8. The number of Topliss-reactive ketones (excluding diaryl/α,β-unsaturated/α-hetero) is 1. The van der Waals surface area contributed by atoms with Gasteiger partial charge in [-0.3, -0.25) is 4.79 Å². The Kier molecular flexibility index (Phi) is 3.51. The summed E-state index contributed by atoms with van der Waals surface area (Å²) in [6.07, 6.45) is 0. The van der Waals surface area contributed by atoms with Crippen LogP contribution < -0.4 is 11.1 Å². The number of ketones is 1. The number of hydrogen-bond donors (Lipinski definition) is 2. The minimum Gasteiger partial charge on any atom is -0.398 e. The normalized spacial score (nSPS) is 10.3. The number of halogens is 1. The van der Waals surface area contributed by atoms with E-state index in [0.717, 1.165) is 5.56 Å². The third-order valence-corrected chi connectivity index (χ3v) is 2.91. The second kappa shape index (κ2) is 5.10. The number of nitrogens with one attached hydrogen (secondary N) is 1. The summed E-state index contributed by atoms with van der Waals surface area (Å²) in [5.41, 5.74) is 8.91. The Morgan fingerprint density at radius 2 is 1.95 bits per heavy atom. The van der Waals surface area contributed by atoms with Crippen LogP contribution in [0.5, 0.6) is 0 Å². The van der Waals surface area contributed by atoms with Crippen molar-refractivity contribution in [1.29, 1.82) is 0 Å². The van der Waals surface area contributed by atoms with Crippen molar-refractivity contribution in [3.63, 3.8) is 0 Å². The van der Waals surface area contributed by atoms with Crippen LogP contribution in [0, 0.1) is 12.7 Å². The fraction of sp³-hybridized carbons (Fsp3) is 0.133. The molecule has 19 heavy (non-hydrogen) atoms. The number of nitrogens with two attached hydrogens (primary N) is 1. The molecule has 0 radical (unpaired) electrons. The highest BCUT2D eigenvalue weighted by Crippen LogP contribution is 2.24. The fourth-order valence-electron chi connectivity index (χ4n) is 1.82. The molecule has 2 rings (SSSR count). The van der Waals surface area contributed by atoms with E-state index >= 15 is 0 Å². The van der Waals surface area contributed by atoms with Crippen LogP contribution in [0.1, 0.15) is 22.8 Å². The smallest absolute Gasteiger partial charge is 0.161 e. The Morgan fingerprint density at radius 1 is 1.21 bits per heavy atom. The minimum atomic E-state index is -0.310. The molecule has 0 aliphatic rings. The van der Waals surface area contributed by atoms with Gasteiger partial charge in [-0.2, -0.15) is 0 Å². The van der Waals surface area contributed by atoms with Crippen LogP contribution in [0.2, 0.25) is 0 Å². The van der Waals surface area contributed by atoms with Crippen LogP contribution in [0.4, 0.5) is 21.5 Å². The van der Waals surface area contributed by atoms with Crippen molar-refractivity contribution in [1.82, 2.24) is 0 Å². The average molecular weight is 258 g/mol. The molecule has 2 aromatic carbocycles. The molecule has 0 fully saturated rings. The largest absolute Gasteiger partial charge is 0.398 e. The van der Waals surface area contributed by atoms with Crippen molar-refractivity contribution in [2.24, 2.45) is 0 Å². The first-order chi connectivity index (χ1) is 8.97. The van der Waals surface area contributed by atoms with Gasteiger partial charge >= 0.3 is 0 Å². The third-order valence-electron chi connectivity index (χ3n) is 2.91. The van der Waals surface area contributed by atoms with Crippen molar-refractivity contribution >= 4 is 22.8 Å².